The van der Waals surface area contributed by atoms with Crippen molar-refractivity contribution in [1.29, 1.82) is 0 Å². The lowest BCUT2D eigenvalue weighted by atomic mass is 9.93. The van der Waals surface area contributed by atoms with Crippen molar-refractivity contribution in [2.75, 3.05) is 0 Å². The first-order valence-corrected chi connectivity index (χ1v) is 8.88. The molecule has 21 heavy (non-hydrogen) atoms. The topological polar surface area (TPSA) is 92.4 Å². The van der Waals surface area contributed by atoms with Gasteiger partial charge in [-0.1, -0.05) is 36.7 Å². The van der Waals surface area contributed by atoms with E-state index in [0.717, 1.165) is 12.8 Å². The van der Waals surface area contributed by atoms with Crippen LogP contribution in [0.5, 0.6) is 0 Å². The predicted octanol–water partition coefficient (Wildman–Crippen LogP) is 1.56. The second kappa shape index (κ2) is 6.58. The fourth-order valence-electron chi connectivity index (χ4n) is 2.38. The van der Waals surface area contributed by atoms with Gasteiger partial charge in [0, 0.05) is 11.6 Å². The van der Waals surface area contributed by atoms with Gasteiger partial charge >= 0.3 is 0 Å². The maximum atomic E-state index is 12.3. The summed E-state index contributed by atoms with van der Waals surface area (Å²) in [7, 11) is -3.74. The van der Waals surface area contributed by atoms with Gasteiger partial charge in [0.25, 0.3) is 0 Å². The Bertz CT molecular complexity index is 649. The van der Waals surface area contributed by atoms with Gasteiger partial charge in [-0.05, 0) is 31.0 Å². The first-order valence-electron chi connectivity index (χ1n) is 6.61. The Balaban J connectivity index is 2.23. The minimum Gasteiger partial charge on any atom is -0.391 e. The number of benzene rings is 1. The van der Waals surface area contributed by atoms with Gasteiger partial charge in [0.1, 0.15) is 4.99 Å². The molecule has 2 rings (SSSR count). The molecule has 0 bridgehead atoms. The predicted molar refractivity (Wildman–Crippen MR) is 85.9 cm³/mol. The fraction of sp³-hybridized carbons (Fsp3) is 0.462. The number of sulfonamides is 1. The minimum atomic E-state index is -3.74. The lowest BCUT2D eigenvalue weighted by Crippen LogP contribution is -2.44. The van der Waals surface area contributed by atoms with Crippen molar-refractivity contribution in [3.63, 3.8) is 0 Å². The van der Waals surface area contributed by atoms with Crippen LogP contribution in [0.2, 0.25) is 5.02 Å². The number of nitrogens with one attached hydrogen (secondary N) is 1. The van der Waals surface area contributed by atoms with Crippen molar-refractivity contribution >= 4 is 38.8 Å². The number of aliphatic hydroxyl groups is 1. The van der Waals surface area contributed by atoms with E-state index < -0.39 is 22.2 Å². The molecule has 1 aliphatic carbocycles. The number of rotatable bonds is 4. The third-order valence-electron chi connectivity index (χ3n) is 3.55. The number of hydrogen-bond acceptors (Lipinski definition) is 4. The van der Waals surface area contributed by atoms with Crippen LogP contribution in [0, 0.1) is 0 Å². The van der Waals surface area contributed by atoms with E-state index >= 15 is 0 Å². The second-order valence-electron chi connectivity index (χ2n) is 5.09. The van der Waals surface area contributed by atoms with E-state index in [1.165, 1.54) is 18.2 Å². The monoisotopic (exact) mass is 348 g/mol. The van der Waals surface area contributed by atoms with Crippen LogP contribution in [0.15, 0.2) is 23.1 Å². The van der Waals surface area contributed by atoms with Crippen molar-refractivity contribution in [1.82, 2.24) is 4.72 Å². The van der Waals surface area contributed by atoms with E-state index in [0.29, 0.717) is 18.4 Å². The molecule has 1 aromatic carbocycles. The summed E-state index contributed by atoms with van der Waals surface area (Å²) in [4.78, 5) is 0.143. The summed E-state index contributed by atoms with van der Waals surface area (Å²) in [5.74, 6) is 0. The molecule has 1 fully saturated rings. The highest BCUT2D eigenvalue weighted by molar-refractivity contribution is 7.89. The third-order valence-corrected chi connectivity index (χ3v) is 5.57. The molecule has 0 radical (unpaired) electrons. The van der Waals surface area contributed by atoms with Gasteiger partial charge in [-0.25, -0.2) is 13.1 Å². The molecular formula is C13H17ClN2O3S2. The molecule has 1 saturated carbocycles. The summed E-state index contributed by atoms with van der Waals surface area (Å²) in [6.07, 6.45) is 2.38. The Kier molecular flexibility index (Phi) is 5.21. The van der Waals surface area contributed by atoms with Gasteiger partial charge in [0.15, 0.2) is 0 Å². The molecule has 0 spiro atoms. The van der Waals surface area contributed by atoms with Crippen molar-refractivity contribution in [3.05, 3.63) is 28.8 Å². The molecule has 0 amide bonds. The molecular weight excluding hydrogens is 332 g/mol. The lowest BCUT2D eigenvalue weighted by Gasteiger charge is -2.28. The van der Waals surface area contributed by atoms with Gasteiger partial charge in [0.2, 0.25) is 10.0 Å². The van der Waals surface area contributed by atoms with Gasteiger partial charge in [-0.3, -0.25) is 0 Å². The van der Waals surface area contributed by atoms with Crippen molar-refractivity contribution in [3.8, 4) is 0 Å². The van der Waals surface area contributed by atoms with Crippen LogP contribution >= 0.6 is 23.8 Å². The summed E-state index contributed by atoms with van der Waals surface area (Å²) < 4.78 is 27.2. The highest BCUT2D eigenvalue weighted by Gasteiger charge is 2.28. The van der Waals surface area contributed by atoms with E-state index in [2.05, 4.69) is 4.72 Å². The molecule has 1 aromatic rings. The van der Waals surface area contributed by atoms with Crippen molar-refractivity contribution in [2.24, 2.45) is 5.73 Å². The molecule has 5 nitrogen and oxygen atoms in total. The van der Waals surface area contributed by atoms with Crippen molar-refractivity contribution in [2.45, 2.75) is 42.7 Å². The summed E-state index contributed by atoms with van der Waals surface area (Å²) in [5.41, 5.74) is 5.92. The molecule has 2 unspecified atom stereocenters. The van der Waals surface area contributed by atoms with Gasteiger partial charge < -0.3 is 10.8 Å². The highest BCUT2D eigenvalue weighted by atomic mass is 35.5. The minimum absolute atomic E-state index is 0.0327. The molecule has 0 aromatic heterocycles. The van der Waals surface area contributed by atoms with Gasteiger partial charge in [-0.15, -0.1) is 0 Å². The number of thiocarbonyl (C=S) groups is 1. The van der Waals surface area contributed by atoms with Gasteiger partial charge in [-0.2, -0.15) is 0 Å². The molecule has 0 saturated heterocycles. The zero-order chi connectivity index (χ0) is 15.6. The molecule has 8 heteroatoms. The first kappa shape index (κ1) is 16.6. The maximum absolute atomic E-state index is 12.3. The molecule has 116 valence electrons. The Hall–Kier alpha value is -0.730. The van der Waals surface area contributed by atoms with Crippen LogP contribution in [0.3, 0.4) is 0 Å². The smallest absolute Gasteiger partial charge is 0.240 e. The number of nitrogens with two attached hydrogens (primary N) is 1. The summed E-state index contributed by atoms with van der Waals surface area (Å²) in [5, 5.41) is 10.1. The van der Waals surface area contributed by atoms with Crippen LogP contribution in [-0.2, 0) is 10.0 Å². The van der Waals surface area contributed by atoms with Crippen LogP contribution < -0.4 is 10.5 Å². The zero-order valence-corrected chi connectivity index (χ0v) is 13.6. The van der Waals surface area contributed by atoms with E-state index in [1.807, 2.05) is 0 Å². The maximum Gasteiger partial charge on any atom is 0.240 e. The van der Waals surface area contributed by atoms with E-state index in [-0.39, 0.29) is 14.9 Å². The quantitative estimate of drug-likeness (QED) is 0.718. The standard InChI is InChI=1S/C13H17ClN2O3S2/c14-10-7-8(5-6-9(10)13(15)20)21(18,19)16-11-3-1-2-4-12(11)17/h5-7,11-12,16-17H,1-4H2,(H2,15,20). The van der Waals surface area contributed by atoms with Gasteiger partial charge in [0.05, 0.1) is 16.0 Å². The third kappa shape index (κ3) is 3.92. The lowest BCUT2D eigenvalue weighted by molar-refractivity contribution is 0.101. The average molecular weight is 349 g/mol. The summed E-state index contributed by atoms with van der Waals surface area (Å²) in [6.45, 7) is 0. The molecule has 1 aliphatic rings. The Morgan fingerprint density at radius 3 is 2.62 bits per heavy atom. The molecule has 0 heterocycles. The molecule has 2 atom stereocenters. The average Bonchev–Trinajstić information content (AvgIpc) is 2.40. The van der Waals surface area contributed by atoms with E-state index in [1.54, 1.807) is 0 Å². The second-order valence-corrected chi connectivity index (χ2v) is 7.65. The number of hydrogen-bond donors (Lipinski definition) is 3. The largest absolute Gasteiger partial charge is 0.391 e. The summed E-state index contributed by atoms with van der Waals surface area (Å²) >= 11 is 10.8. The molecule has 4 N–H and O–H groups in total. The Morgan fingerprint density at radius 1 is 1.38 bits per heavy atom. The number of halogens is 1. The normalized spacial score (nSPS) is 23.0. The fourth-order valence-corrected chi connectivity index (χ4v) is 4.29. The summed E-state index contributed by atoms with van der Waals surface area (Å²) in [6, 6.07) is 3.74. The zero-order valence-electron chi connectivity index (χ0n) is 11.3. The number of aliphatic hydroxyl groups excluding tert-OH is 1. The molecule has 0 aliphatic heterocycles. The Labute approximate surface area is 134 Å². The van der Waals surface area contributed by atoms with E-state index in [9.17, 15) is 13.5 Å². The van der Waals surface area contributed by atoms with E-state index in [4.69, 9.17) is 29.6 Å². The van der Waals surface area contributed by atoms with Crippen molar-refractivity contribution < 1.29 is 13.5 Å². The van der Waals surface area contributed by atoms with Crippen LogP contribution in [-0.4, -0.2) is 30.7 Å². The van der Waals surface area contributed by atoms with Crippen LogP contribution in [0.1, 0.15) is 31.2 Å². The highest BCUT2D eigenvalue weighted by Crippen LogP contribution is 2.23. The van der Waals surface area contributed by atoms with Crippen LogP contribution in [0.4, 0.5) is 0 Å². The SMILES string of the molecule is NC(=S)c1ccc(S(=O)(=O)NC2CCCCC2O)cc1Cl. The van der Waals surface area contributed by atoms with Crippen LogP contribution in [0.25, 0.3) is 0 Å². The Morgan fingerprint density at radius 2 is 2.05 bits per heavy atom. The first-order chi connectivity index (χ1) is 9.81.